The maximum absolute atomic E-state index is 11.8. The van der Waals surface area contributed by atoms with Gasteiger partial charge in [0.2, 0.25) is 5.91 Å². The van der Waals surface area contributed by atoms with Crippen LogP contribution in [0.1, 0.15) is 34.6 Å². The summed E-state index contributed by atoms with van der Waals surface area (Å²) in [6.07, 6.45) is 0. The zero-order valence-corrected chi connectivity index (χ0v) is 13.1. The second-order valence-electron chi connectivity index (χ2n) is 6.64. The smallest absolute Gasteiger partial charge is 0.236 e. The van der Waals surface area contributed by atoms with Crippen molar-refractivity contribution in [1.82, 2.24) is 15.5 Å². The van der Waals surface area contributed by atoms with Crippen molar-refractivity contribution in [2.45, 2.75) is 40.7 Å². The number of nitrogens with one attached hydrogen (secondary N) is 2. The van der Waals surface area contributed by atoms with E-state index in [4.69, 9.17) is 0 Å². The lowest BCUT2D eigenvalue weighted by molar-refractivity contribution is -0.123. The summed E-state index contributed by atoms with van der Waals surface area (Å²) in [6, 6.07) is -0.134. The van der Waals surface area contributed by atoms with Crippen LogP contribution in [0.15, 0.2) is 0 Å². The number of hydrogen-bond acceptors (Lipinski definition) is 3. The fourth-order valence-corrected chi connectivity index (χ4v) is 1.89. The molecule has 1 unspecified atom stereocenters. The number of nitrogens with zero attached hydrogens (tertiary/aromatic N) is 1. The maximum Gasteiger partial charge on any atom is 0.236 e. The highest BCUT2D eigenvalue weighted by Gasteiger charge is 2.21. The van der Waals surface area contributed by atoms with Crippen molar-refractivity contribution in [2.75, 3.05) is 33.7 Å². The van der Waals surface area contributed by atoms with Crippen LogP contribution in [0.5, 0.6) is 0 Å². The normalized spacial score (nSPS) is 14.1. The van der Waals surface area contributed by atoms with Crippen LogP contribution in [0.3, 0.4) is 0 Å². The Bertz CT molecular complexity index is 249. The highest BCUT2D eigenvalue weighted by Crippen LogP contribution is 2.14. The van der Waals surface area contributed by atoms with Crippen LogP contribution in [0, 0.1) is 11.3 Å². The van der Waals surface area contributed by atoms with Gasteiger partial charge in [-0.15, -0.1) is 0 Å². The maximum atomic E-state index is 11.8. The molecular weight excluding hydrogens is 226 g/mol. The Morgan fingerprint density at radius 1 is 1.22 bits per heavy atom. The first-order chi connectivity index (χ1) is 8.14. The topological polar surface area (TPSA) is 44.4 Å². The van der Waals surface area contributed by atoms with E-state index in [0.29, 0.717) is 5.92 Å². The molecule has 0 aromatic rings. The molecule has 1 atom stereocenters. The van der Waals surface area contributed by atoms with Gasteiger partial charge in [-0.05, 0) is 32.4 Å². The van der Waals surface area contributed by atoms with Crippen LogP contribution in [0.25, 0.3) is 0 Å². The molecule has 0 aromatic heterocycles. The fraction of sp³-hybridized carbons (Fsp3) is 0.929. The van der Waals surface area contributed by atoms with Gasteiger partial charge in [0.15, 0.2) is 0 Å². The SMILES string of the molecule is CC(C)CNC(=O)C(C)NCC(C)(C)CN(C)C. The molecule has 0 aliphatic rings. The number of carbonyl (C=O) groups excluding carboxylic acids is 1. The van der Waals surface area contributed by atoms with Crippen molar-refractivity contribution in [3.05, 3.63) is 0 Å². The van der Waals surface area contributed by atoms with Crippen molar-refractivity contribution in [3.63, 3.8) is 0 Å². The first-order valence-corrected chi connectivity index (χ1v) is 6.80. The third-order valence-electron chi connectivity index (χ3n) is 2.71. The Morgan fingerprint density at radius 3 is 2.22 bits per heavy atom. The summed E-state index contributed by atoms with van der Waals surface area (Å²) in [5, 5.41) is 6.26. The molecule has 0 rings (SSSR count). The number of amides is 1. The molecule has 0 heterocycles. The zero-order valence-electron chi connectivity index (χ0n) is 13.1. The molecule has 0 bridgehead atoms. The lowest BCUT2D eigenvalue weighted by atomic mass is 9.92. The third kappa shape index (κ3) is 8.48. The van der Waals surface area contributed by atoms with Crippen LogP contribution in [-0.2, 0) is 4.79 Å². The first-order valence-electron chi connectivity index (χ1n) is 6.80. The molecule has 0 aliphatic heterocycles. The minimum atomic E-state index is -0.134. The van der Waals surface area contributed by atoms with E-state index in [1.165, 1.54) is 0 Å². The highest BCUT2D eigenvalue weighted by atomic mass is 16.2. The Kier molecular flexibility index (Phi) is 7.48. The number of rotatable bonds is 8. The summed E-state index contributed by atoms with van der Waals surface area (Å²) in [7, 11) is 4.14. The summed E-state index contributed by atoms with van der Waals surface area (Å²) in [4.78, 5) is 14.0. The van der Waals surface area contributed by atoms with Crippen molar-refractivity contribution >= 4 is 5.91 Å². The van der Waals surface area contributed by atoms with Crippen LogP contribution in [0.4, 0.5) is 0 Å². The molecule has 4 nitrogen and oxygen atoms in total. The molecule has 2 N–H and O–H groups in total. The average molecular weight is 257 g/mol. The molecule has 0 radical (unpaired) electrons. The Balaban J connectivity index is 4.01. The summed E-state index contributed by atoms with van der Waals surface area (Å²) < 4.78 is 0. The van der Waals surface area contributed by atoms with E-state index in [9.17, 15) is 4.79 Å². The van der Waals surface area contributed by atoms with E-state index < -0.39 is 0 Å². The van der Waals surface area contributed by atoms with Gasteiger partial charge in [-0.3, -0.25) is 4.79 Å². The van der Waals surface area contributed by atoms with Crippen molar-refractivity contribution in [1.29, 1.82) is 0 Å². The van der Waals surface area contributed by atoms with Gasteiger partial charge in [0.05, 0.1) is 6.04 Å². The van der Waals surface area contributed by atoms with Gasteiger partial charge in [0, 0.05) is 19.6 Å². The van der Waals surface area contributed by atoms with Gasteiger partial charge in [0.25, 0.3) is 0 Å². The predicted octanol–water partition coefficient (Wildman–Crippen LogP) is 1.32. The van der Waals surface area contributed by atoms with E-state index in [2.05, 4.69) is 57.3 Å². The molecule has 1 amide bonds. The Labute approximate surface area is 113 Å². The molecule has 0 saturated carbocycles. The molecule has 108 valence electrons. The molecule has 0 fully saturated rings. The minimum absolute atomic E-state index is 0.0874. The van der Waals surface area contributed by atoms with Gasteiger partial charge in [-0.2, -0.15) is 0 Å². The van der Waals surface area contributed by atoms with Crippen molar-refractivity contribution < 1.29 is 4.79 Å². The Hall–Kier alpha value is -0.610. The molecule has 18 heavy (non-hydrogen) atoms. The summed E-state index contributed by atoms with van der Waals surface area (Å²) in [5.74, 6) is 0.579. The van der Waals surface area contributed by atoms with Crippen LogP contribution >= 0.6 is 0 Å². The largest absolute Gasteiger partial charge is 0.354 e. The molecule has 0 aromatic carbocycles. The second kappa shape index (κ2) is 7.74. The van der Waals surface area contributed by atoms with Crippen LogP contribution in [-0.4, -0.2) is 50.6 Å². The van der Waals surface area contributed by atoms with Crippen LogP contribution in [0.2, 0.25) is 0 Å². The summed E-state index contributed by atoms with van der Waals surface area (Å²) >= 11 is 0. The van der Waals surface area contributed by atoms with Crippen molar-refractivity contribution in [3.8, 4) is 0 Å². The molecule has 0 aliphatic carbocycles. The standard InChI is InChI=1S/C14H31N3O/c1-11(2)8-15-13(18)12(3)16-9-14(4,5)10-17(6)7/h11-12,16H,8-10H2,1-7H3,(H,15,18). The predicted molar refractivity (Wildman–Crippen MR) is 77.6 cm³/mol. The summed E-state index contributed by atoms with van der Waals surface area (Å²) in [6.45, 7) is 13.1. The van der Waals surface area contributed by atoms with Gasteiger partial charge in [-0.25, -0.2) is 0 Å². The minimum Gasteiger partial charge on any atom is -0.354 e. The first kappa shape index (κ1) is 17.4. The van der Waals surface area contributed by atoms with Gasteiger partial charge in [-0.1, -0.05) is 27.7 Å². The molecule has 0 saturated heterocycles. The molecular formula is C14H31N3O. The number of carbonyl (C=O) groups is 1. The van der Waals surface area contributed by atoms with Crippen LogP contribution < -0.4 is 10.6 Å². The fourth-order valence-electron chi connectivity index (χ4n) is 1.89. The lowest BCUT2D eigenvalue weighted by Gasteiger charge is -2.30. The van der Waals surface area contributed by atoms with E-state index in [1.54, 1.807) is 0 Å². The van der Waals surface area contributed by atoms with E-state index >= 15 is 0 Å². The molecule has 4 heteroatoms. The number of hydrogen-bond donors (Lipinski definition) is 2. The second-order valence-corrected chi connectivity index (χ2v) is 6.64. The third-order valence-corrected chi connectivity index (χ3v) is 2.71. The van der Waals surface area contributed by atoms with E-state index in [1.807, 2.05) is 6.92 Å². The van der Waals surface area contributed by atoms with Gasteiger partial charge >= 0.3 is 0 Å². The zero-order chi connectivity index (χ0) is 14.3. The summed E-state index contributed by atoms with van der Waals surface area (Å²) in [5.41, 5.74) is 0.163. The van der Waals surface area contributed by atoms with E-state index in [-0.39, 0.29) is 17.4 Å². The van der Waals surface area contributed by atoms with Gasteiger partial charge < -0.3 is 15.5 Å². The quantitative estimate of drug-likeness (QED) is 0.689. The lowest BCUT2D eigenvalue weighted by Crippen LogP contribution is -2.47. The van der Waals surface area contributed by atoms with E-state index in [0.717, 1.165) is 19.6 Å². The monoisotopic (exact) mass is 257 g/mol. The molecule has 0 spiro atoms. The Morgan fingerprint density at radius 2 is 1.78 bits per heavy atom. The van der Waals surface area contributed by atoms with Crippen molar-refractivity contribution in [2.24, 2.45) is 11.3 Å². The highest BCUT2D eigenvalue weighted by molar-refractivity contribution is 5.81. The van der Waals surface area contributed by atoms with Gasteiger partial charge in [0.1, 0.15) is 0 Å². The average Bonchev–Trinajstić information content (AvgIpc) is 2.20.